The van der Waals surface area contributed by atoms with Crippen LogP contribution in [-0.2, 0) is 5.54 Å². The summed E-state index contributed by atoms with van der Waals surface area (Å²) in [6.07, 6.45) is 3.35. The number of fused-ring (bicyclic) bond motifs is 1. The van der Waals surface area contributed by atoms with Crippen molar-refractivity contribution in [1.82, 2.24) is 10.3 Å². The van der Waals surface area contributed by atoms with Crippen LogP contribution in [0.2, 0.25) is 0 Å². The summed E-state index contributed by atoms with van der Waals surface area (Å²) in [6, 6.07) is 6.16. The van der Waals surface area contributed by atoms with Crippen molar-refractivity contribution in [3.63, 3.8) is 0 Å². The third kappa shape index (κ3) is 1.65. The lowest BCUT2D eigenvalue weighted by Gasteiger charge is -2.23. The first-order valence-corrected chi connectivity index (χ1v) is 6.36. The summed E-state index contributed by atoms with van der Waals surface area (Å²) in [6.45, 7) is 5.33. The molecule has 2 heterocycles. The first-order valence-electron chi connectivity index (χ1n) is 6.36. The number of rotatable bonds is 2. The van der Waals surface area contributed by atoms with E-state index in [2.05, 4.69) is 36.3 Å². The van der Waals surface area contributed by atoms with Gasteiger partial charge in [-0.1, -0.05) is 13.0 Å². The van der Waals surface area contributed by atoms with Gasteiger partial charge < -0.3 is 9.73 Å². The topological polar surface area (TPSA) is 38.1 Å². The second-order valence-corrected chi connectivity index (χ2v) is 4.96. The Bertz CT molecular complexity index is 538. The Morgan fingerprint density at radius 3 is 3.06 bits per heavy atom. The van der Waals surface area contributed by atoms with E-state index in [1.807, 2.05) is 6.07 Å². The molecule has 1 fully saturated rings. The minimum Gasteiger partial charge on any atom is -0.439 e. The van der Waals surface area contributed by atoms with Crippen molar-refractivity contribution in [3.8, 4) is 0 Å². The maximum Gasteiger partial charge on any atom is 0.215 e. The quantitative estimate of drug-likeness (QED) is 0.861. The second-order valence-electron chi connectivity index (χ2n) is 4.96. The summed E-state index contributed by atoms with van der Waals surface area (Å²) >= 11 is 0. The van der Waals surface area contributed by atoms with E-state index in [4.69, 9.17) is 4.42 Å². The van der Waals surface area contributed by atoms with E-state index in [1.165, 1.54) is 12.0 Å². The van der Waals surface area contributed by atoms with Gasteiger partial charge in [0.15, 0.2) is 5.58 Å². The third-order valence-corrected chi connectivity index (χ3v) is 3.80. The lowest BCUT2D eigenvalue weighted by atomic mass is 9.94. The number of nitrogens with one attached hydrogen (secondary N) is 1. The fraction of sp³-hybridized carbons (Fsp3) is 0.500. The predicted molar refractivity (Wildman–Crippen MR) is 68.0 cm³/mol. The number of aromatic nitrogens is 1. The fourth-order valence-corrected chi connectivity index (χ4v) is 2.68. The molecule has 3 nitrogen and oxygen atoms in total. The van der Waals surface area contributed by atoms with E-state index in [1.54, 1.807) is 0 Å². The van der Waals surface area contributed by atoms with Crippen LogP contribution in [0.25, 0.3) is 11.1 Å². The standard InChI is InChI=1S/C14H18N2O/c1-3-14(7-4-8-15-14)13-16-11-9-10(2)5-6-12(11)17-13/h5-6,9,15H,3-4,7-8H2,1-2H3. The lowest BCUT2D eigenvalue weighted by molar-refractivity contribution is 0.292. The van der Waals surface area contributed by atoms with Crippen molar-refractivity contribution in [2.75, 3.05) is 6.54 Å². The van der Waals surface area contributed by atoms with Crippen LogP contribution in [0.5, 0.6) is 0 Å². The molecule has 0 aliphatic carbocycles. The monoisotopic (exact) mass is 230 g/mol. The molecule has 0 radical (unpaired) electrons. The summed E-state index contributed by atoms with van der Waals surface area (Å²) < 4.78 is 5.93. The highest BCUT2D eigenvalue weighted by atomic mass is 16.4. The Kier molecular flexibility index (Phi) is 2.44. The van der Waals surface area contributed by atoms with E-state index in [-0.39, 0.29) is 5.54 Å². The molecule has 1 aliphatic rings. The van der Waals surface area contributed by atoms with Gasteiger partial charge in [-0.2, -0.15) is 0 Å². The first-order chi connectivity index (χ1) is 8.23. The maximum absolute atomic E-state index is 5.93. The summed E-state index contributed by atoms with van der Waals surface area (Å²) in [4.78, 5) is 4.67. The highest BCUT2D eigenvalue weighted by Gasteiger charge is 2.38. The molecular weight excluding hydrogens is 212 g/mol. The number of hydrogen-bond donors (Lipinski definition) is 1. The van der Waals surface area contributed by atoms with Crippen LogP contribution in [-0.4, -0.2) is 11.5 Å². The number of benzene rings is 1. The number of nitrogens with zero attached hydrogens (tertiary/aromatic N) is 1. The minimum absolute atomic E-state index is 0.0348. The van der Waals surface area contributed by atoms with Gasteiger partial charge in [-0.25, -0.2) is 4.98 Å². The molecule has 2 aromatic rings. The van der Waals surface area contributed by atoms with Crippen LogP contribution < -0.4 is 5.32 Å². The molecule has 1 saturated heterocycles. The molecule has 1 aromatic heterocycles. The molecule has 0 bridgehead atoms. The van der Waals surface area contributed by atoms with Crippen molar-refractivity contribution < 1.29 is 4.42 Å². The molecular formula is C14H18N2O. The van der Waals surface area contributed by atoms with Crippen LogP contribution in [0.4, 0.5) is 0 Å². The molecule has 17 heavy (non-hydrogen) atoms. The molecule has 1 N–H and O–H groups in total. The molecule has 3 rings (SSSR count). The molecule has 1 atom stereocenters. The van der Waals surface area contributed by atoms with Gasteiger partial charge in [-0.3, -0.25) is 0 Å². The molecule has 1 aliphatic heterocycles. The van der Waals surface area contributed by atoms with Crippen LogP contribution in [0, 0.1) is 6.92 Å². The summed E-state index contributed by atoms with van der Waals surface area (Å²) in [7, 11) is 0. The zero-order valence-corrected chi connectivity index (χ0v) is 10.4. The van der Waals surface area contributed by atoms with Crippen LogP contribution >= 0.6 is 0 Å². The highest BCUT2D eigenvalue weighted by Crippen LogP contribution is 2.35. The third-order valence-electron chi connectivity index (χ3n) is 3.80. The largest absolute Gasteiger partial charge is 0.439 e. The Balaban J connectivity index is 2.11. The molecule has 3 heteroatoms. The average Bonchev–Trinajstić information content (AvgIpc) is 2.94. The molecule has 0 saturated carbocycles. The van der Waals surface area contributed by atoms with Gasteiger partial charge in [-0.15, -0.1) is 0 Å². The van der Waals surface area contributed by atoms with Gasteiger partial charge in [-0.05, 0) is 50.4 Å². The van der Waals surface area contributed by atoms with Crippen molar-refractivity contribution in [1.29, 1.82) is 0 Å². The van der Waals surface area contributed by atoms with Gasteiger partial charge in [0.2, 0.25) is 5.89 Å². The minimum atomic E-state index is -0.0348. The van der Waals surface area contributed by atoms with Gasteiger partial charge >= 0.3 is 0 Å². The van der Waals surface area contributed by atoms with Crippen LogP contribution in [0.15, 0.2) is 22.6 Å². The number of aryl methyl sites for hydroxylation is 1. The Hall–Kier alpha value is -1.35. The first kappa shape index (κ1) is 10.8. The Labute approximate surface area is 101 Å². The van der Waals surface area contributed by atoms with Gasteiger partial charge in [0.1, 0.15) is 5.52 Å². The molecule has 0 amide bonds. The fourth-order valence-electron chi connectivity index (χ4n) is 2.68. The van der Waals surface area contributed by atoms with Crippen molar-refractivity contribution in [2.24, 2.45) is 0 Å². The molecule has 90 valence electrons. The van der Waals surface area contributed by atoms with Crippen molar-refractivity contribution >= 4 is 11.1 Å². The lowest BCUT2D eigenvalue weighted by Crippen LogP contribution is -2.36. The summed E-state index contributed by atoms with van der Waals surface area (Å²) in [5, 5.41) is 3.56. The van der Waals surface area contributed by atoms with Crippen LogP contribution in [0.1, 0.15) is 37.6 Å². The summed E-state index contributed by atoms with van der Waals surface area (Å²) in [5.41, 5.74) is 3.06. The van der Waals surface area contributed by atoms with Gasteiger partial charge in [0, 0.05) is 0 Å². The maximum atomic E-state index is 5.93. The van der Waals surface area contributed by atoms with Crippen molar-refractivity contribution in [2.45, 2.75) is 38.6 Å². The van der Waals surface area contributed by atoms with Crippen molar-refractivity contribution in [3.05, 3.63) is 29.7 Å². The van der Waals surface area contributed by atoms with E-state index < -0.39 is 0 Å². The van der Waals surface area contributed by atoms with E-state index in [0.717, 1.165) is 36.4 Å². The van der Waals surface area contributed by atoms with Crippen LogP contribution in [0.3, 0.4) is 0 Å². The smallest absolute Gasteiger partial charge is 0.215 e. The average molecular weight is 230 g/mol. The van der Waals surface area contributed by atoms with E-state index >= 15 is 0 Å². The molecule has 1 aromatic carbocycles. The highest BCUT2D eigenvalue weighted by molar-refractivity contribution is 5.73. The zero-order chi connectivity index (χ0) is 11.9. The SMILES string of the molecule is CCC1(c2nc3cc(C)ccc3o2)CCCN1. The molecule has 0 spiro atoms. The second kappa shape index (κ2) is 3.84. The Morgan fingerprint density at radius 2 is 2.35 bits per heavy atom. The molecule has 1 unspecified atom stereocenters. The summed E-state index contributed by atoms with van der Waals surface area (Å²) in [5.74, 6) is 0.859. The van der Waals surface area contributed by atoms with Gasteiger partial charge in [0.05, 0.1) is 5.54 Å². The van der Waals surface area contributed by atoms with Gasteiger partial charge in [0.25, 0.3) is 0 Å². The Morgan fingerprint density at radius 1 is 1.47 bits per heavy atom. The number of oxazole rings is 1. The number of hydrogen-bond acceptors (Lipinski definition) is 3. The van der Waals surface area contributed by atoms with E-state index in [9.17, 15) is 0 Å². The predicted octanol–water partition coefficient (Wildman–Crippen LogP) is 3.12. The normalized spacial score (nSPS) is 24.6. The van der Waals surface area contributed by atoms with E-state index in [0.29, 0.717) is 0 Å². The zero-order valence-electron chi connectivity index (χ0n) is 10.4.